The van der Waals surface area contributed by atoms with Gasteiger partial charge in [0, 0.05) is 0 Å². The SMILES string of the molecule is CC(OCO)C(N)(OCO)OCO.Cl. The van der Waals surface area contributed by atoms with Crippen molar-refractivity contribution in [3.63, 3.8) is 0 Å². The van der Waals surface area contributed by atoms with E-state index >= 15 is 0 Å². The minimum atomic E-state index is -1.77. The summed E-state index contributed by atoms with van der Waals surface area (Å²) in [5.41, 5.74) is 5.45. The van der Waals surface area contributed by atoms with Crippen LogP contribution in [0.1, 0.15) is 6.92 Å². The van der Waals surface area contributed by atoms with E-state index in [1.807, 2.05) is 0 Å². The van der Waals surface area contributed by atoms with Crippen molar-refractivity contribution in [3.05, 3.63) is 0 Å². The van der Waals surface area contributed by atoms with Crippen LogP contribution < -0.4 is 5.73 Å². The summed E-state index contributed by atoms with van der Waals surface area (Å²) in [7, 11) is 0. The summed E-state index contributed by atoms with van der Waals surface area (Å²) in [4.78, 5) is 0. The van der Waals surface area contributed by atoms with E-state index in [4.69, 9.17) is 21.1 Å². The number of aliphatic hydroxyl groups excluding tert-OH is 3. The van der Waals surface area contributed by atoms with Gasteiger partial charge in [0.1, 0.15) is 26.5 Å². The van der Waals surface area contributed by atoms with Crippen LogP contribution in [0.3, 0.4) is 0 Å². The molecule has 14 heavy (non-hydrogen) atoms. The third-order valence-corrected chi connectivity index (χ3v) is 1.47. The van der Waals surface area contributed by atoms with Crippen LogP contribution in [0.4, 0.5) is 0 Å². The molecule has 5 N–H and O–H groups in total. The molecule has 0 aliphatic carbocycles. The van der Waals surface area contributed by atoms with Gasteiger partial charge in [-0.1, -0.05) is 0 Å². The Morgan fingerprint density at radius 1 is 1.14 bits per heavy atom. The highest BCUT2D eigenvalue weighted by Crippen LogP contribution is 2.13. The van der Waals surface area contributed by atoms with Crippen molar-refractivity contribution in [2.45, 2.75) is 18.9 Å². The van der Waals surface area contributed by atoms with Crippen LogP contribution in [-0.4, -0.2) is 47.7 Å². The molecule has 0 radical (unpaired) electrons. The number of rotatable bonds is 7. The summed E-state index contributed by atoms with van der Waals surface area (Å²) in [6.45, 7) is -0.476. The van der Waals surface area contributed by atoms with Gasteiger partial charge < -0.3 is 29.5 Å². The number of aliphatic hydroxyl groups is 3. The minimum absolute atomic E-state index is 0. The van der Waals surface area contributed by atoms with Gasteiger partial charge in [-0.3, -0.25) is 5.73 Å². The number of halogens is 1. The molecule has 1 atom stereocenters. The van der Waals surface area contributed by atoms with E-state index in [1.54, 1.807) is 0 Å². The smallest absolute Gasteiger partial charge is 0.256 e. The molecular formula is C6H16ClNO6. The van der Waals surface area contributed by atoms with E-state index in [0.717, 1.165) is 0 Å². The highest BCUT2D eigenvalue weighted by atomic mass is 35.5. The summed E-state index contributed by atoms with van der Waals surface area (Å²) in [6.07, 6.45) is -0.836. The zero-order chi connectivity index (χ0) is 10.3. The Labute approximate surface area is 87.8 Å². The Bertz CT molecular complexity index is 131. The van der Waals surface area contributed by atoms with Crippen molar-refractivity contribution in [2.24, 2.45) is 5.73 Å². The number of hydrogen-bond donors (Lipinski definition) is 4. The average Bonchev–Trinajstić information content (AvgIpc) is 2.05. The lowest BCUT2D eigenvalue weighted by atomic mass is 10.3. The van der Waals surface area contributed by atoms with E-state index < -0.39 is 32.4 Å². The predicted molar refractivity (Wildman–Crippen MR) is 48.1 cm³/mol. The zero-order valence-corrected chi connectivity index (χ0v) is 8.57. The van der Waals surface area contributed by atoms with E-state index in [-0.39, 0.29) is 12.4 Å². The van der Waals surface area contributed by atoms with E-state index in [1.165, 1.54) is 6.92 Å². The zero-order valence-electron chi connectivity index (χ0n) is 7.75. The first-order valence-electron chi connectivity index (χ1n) is 3.61. The first-order chi connectivity index (χ1) is 6.10. The molecular weight excluding hydrogens is 218 g/mol. The Balaban J connectivity index is 0. The molecule has 0 aromatic carbocycles. The van der Waals surface area contributed by atoms with Gasteiger partial charge in [-0.2, -0.15) is 0 Å². The molecule has 8 heteroatoms. The lowest BCUT2D eigenvalue weighted by Crippen LogP contribution is -2.55. The normalized spacial score (nSPS) is 13.5. The number of ether oxygens (including phenoxy) is 3. The molecule has 0 amide bonds. The fourth-order valence-corrected chi connectivity index (χ4v) is 0.706. The Kier molecular flexibility index (Phi) is 9.78. The van der Waals surface area contributed by atoms with Crippen LogP contribution in [-0.2, 0) is 14.2 Å². The second-order valence-electron chi connectivity index (χ2n) is 2.21. The summed E-state index contributed by atoms with van der Waals surface area (Å²) >= 11 is 0. The fourth-order valence-electron chi connectivity index (χ4n) is 0.706. The maximum absolute atomic E-state index is 8.46. The van der Waals surface area contributed by atoms with Gasteiger partial charge in [0.25, 0.3) is 5.91 Å². The highest BCUT2D eigenvalue weighted by Gasteiger charge is 2.35. The van der Waals surface area contributed by atoms with Gasteiger partial charge in [0.2, 0.25) is 0 Å². The molecule has 0 fully saturated rings. The Morgan fingerprint density at radius 3 is 1.86 bits per heavy atom. The molecule has 7 nitrogen and oxygen atoms in total. The highest BCUT2D eigenvalue weighted by molar-refractivity contribution is 5.85. The van der Waals surface area contributed by atoms with Gasteiger partial charge >= 0.3 is 0 Å². The molecule has 0 bridgehead atoms. The van der Waals surface area contributed by atoms with E-state index in [9.17, 15) is 0 Å². The van der Waals surface area contributed by atoms with Crippen molar-refractivity contribution in [1.82, 2.24) is 0 Å². The molecule has 0 saturated carbocycles. The molecule has 0 aliphatic heterocycles. The largest absolute Gasteiger partial charge is 0.371 e. The molecule has 0 aromatic rings. The second-order valence-corrected chi connectivity index (χ2v) is 2.21. The maximum Gasteiger partial charge on any atom is 0.256 e. The lowest BCUT2D eigenvalue weighted by molar-refractivity contribution is -0.328. The minimum Gasteiger partial charge on any atom is -0.371 e. The van der Waals surface area contributed by atoms with Crippen molar-refractivity contribution in [2.75, 3.05) is 20.4 Å². The topological polar surface area (TPSA) is 114 Å². The fraction of sp³-hybridized carbons (Fsp3) is 1.00. The molecule has 0 heterocycles. The summed E-state index contributed by atoms with van der Waals surface area (Å²) in [6, 6.07) is 0. The molecule has 1 unspecified atom stereocenters. The van der Waals surface area contributed by atoms with Gasteiger partial charge in [-0.15, -0.1) is 12.4 Å². The Hall–Kier alpha value is 0.01000. The predicted octanol–water partition coefficient (Wildman–Crippen LogP) is -1.69. The van der Waals surface area contributed by atoms with E-state index in [2.05, 4.69) is 14.2 Å². The van der Waals surface area contributed by atoms with Crippen LogP contribution in [0, 0.1) is 0 Å². The van der Waals surface area contributed by atoms with Crippen LogP contribution in [0.15, 0.2) is 0 Å². The van der Waals surface area contributed by atoms with Crippen molar-refractivity contribution in [3.8, 4) is 0 Å². The third kappa shape index (κ3) is 5.03. The summed E-state index contributed by atoms with van der Waals surface area (Å²) in [5, 5.41) is 25.3. The summed E-state index contributed by atoms with van der Waals surface area (Å²) in [5.74, 6) is -1.77. The quantitative estimate of drug-likeness (QED) is 0.388. The third-order valence-electron chi connectivity index (χ3n) is 1.47. The van der Waals surface area contributed by atoms with Crippen molar-refractivity contribution < 1.29 is 29.5 Å². The lowest BCUT2D eigenvalue weighted by Gasteiger charge is -2.32. The van der Waals surface area contributed by atoms with Crippen LogP contribution in [0.25, 0.3) is 0 Å². The van der Waals surface area contributed by atoms with Crippen molar-refractivity contribution >= 4 is 12.4 Å². The summed E-state index contributed by atoms with van der Waals surface area (Å²) < 4.78 is 13.9. The van der Waals surface area contributed by atoms with Gasteiger partial charge in [0.05, 0.1) is 0 Å². The van der Waals surface area contributed by atoms with Gasteiger partial charge in [0.15, 0.2) is 0 Å². The number of nitrogens with two attached hydrogens (primary N) is 1. The van der Waals surface area contributed by atoms with Crippen molar-refractivity contribution in [1.29, 1.82) is 0 Å². The molecule has 0 spiro atoms. The van der Waals surface area contributed by atoms with E-state index in [0.29, 0.717) is 0 Å². The monoisotopic (exact) mass is 233 g/mol. The molecule has 0 aromatic heterocycles. The number of hydrogen-bond acceptors (Lipinski definition) is 7. The van der Waals surface area contributed by atoms with Gasteiger partial charge in [-0.05, 0) is 6.92 Å². The first-order valence-corrected chi connectivity index (χ1v) is 3.61. The van der Waals surface area contributed by atoms with Gasteiger partial charge in [-0.25, -0.2) is 0 Å². The molecule has 88 valence electrons. The molecule has 0 aliphatic rings. The first kappa shape index (κ1) is 16.4. The van der Waals surface area contributed by atoms with Crippen LogP contribution in [0.2, 0.25) is 0 Å². The molecule has 0 rings (SSSR count). The second kappa shape index (κ2) is 8.33. The van der Waals surface area contributed by atoms with Crippen LogP contribution in [0.5, 0.6) is 0 Å². The average molecular weight is 234 g/mol. The maximum atomic E-state index is 8.46. The molecule has 0 saturated heterocycles. The standard InChI is InChI=1S/C6H15NO6.ClH/c1-5(11-2-8)6(7,12-3-9)13-4-10;/h5,8-10H,2-4,7H2,1H3;1H. The van der Waals surface area contributed by atoms with Crippen LogP contribution >= 0.6 is 12.4 Å². The Morgan fingerprint density at radius 2 is 1.57 bits per heavy atom.